The highest BCUT2D eigenvalue weighted by molar-refractivity contribution is 5.94. The summed E-state index contributed by atoms with van der Waals surface area (Å²) in [7, 11) is 0. The van der Waals surface area contributed by atoms with Gasteiger partial charge in [-0.2, -0.15) is 0 Å². The molecule has 1 aromatic carbocycles. The molecule has 0 aromatic heterocycles. The molecule has 0 bridgehead atoms. The lowest BCUT2D eigenvalue weighted by atomic mass is 10.1. The van der Waals surface area contributed by atoms with Gasteiger partial charge in [0, 0.05) is 31.7 Å². The van der Waals surface area contributed by atoms with Crippen molar-refractivity contribution < 1.29 is 14.3 Å². The molecular weight excluding hydrogens is 280 g/mol. The Balaban J connectivity index is 1.93. The molecule has 0 unspecified atom stereocenters. The lowest BCUT2D eigenvalue weighted by Gasteiger charge is -2.34. The van der Waals surface area contributed by atoms with Gasteiger partial charge in [-0.05, 0) is 37.1 Å². The Labute approximate surface area is 131 Å². The van der Waals surface area contributed by atoms with Crippen LogP contribution in [0.25, 0.3) is 0 Å². The first-order valence-electron chi connectivity index (χ1n) is 7.42. The van der Waals surface area contributed by atoms with Gasteiger partial charge in [0.2, 0.25) is 0 Å². The van der Waals surface area contributed by atoms with E-state index in [2.05, 4.69) is 6.58 Å². The van der Waals surface area contributed by atoms with Crippen molar-refractivity contribution in [2.75, 3.05) is 32.8 Å². The highest BCUT2D eigenvalue weighted by Gasteiger charge is 2.25. The standard InChI is InChI=1S/C17H22N2O3/c1-4-11-22-17(21)19-9-7-18(8-10-19)16(20)15-6-5-13(2)14(3)12-15/h4-6,12H,1,7-11H2,2-3H3. The number of carbonyl (C=O) groups is 2. The lowest BCUT2D eigenvalue weighted by Crippen LogP contribution is -2.50. The van der Waals surface area contributed by atoms with Crippen LogP contribution in [0.4, 0.5) is 4.79 Å². The van der Waals surface area contributed by atoms with Gasteiger partial charge in [0.05, 0.1) is 0 Å². The van der Waals surface area contributed by atoms with Crippen molar-refractivity contribution in [1.29, 1.82) is 0 Å². The van der Waals surface area contributed by atoms with Gasteiger partial charge >= 0.3 is 6.09 Å². The van der Waals surface area contributed by atoms with Gasteiger partial charge in [-0.25, -0.2) is 4.79 Å². The summed E-state index contributed by atoms with van der Waals surface area (Å²) in [6, 6.07) is 5.74. The topological polar surface area (TPSA) is 49.9 Å². The highest BCUT2D eigenvalue weighted by Crippen LogP contribution is 2.14. The number of hydrogen-bond donors (Lipinski definition) is 0. The Bertz CT molecular complexity index is 575. The largest absolute Gasteiger partial charge is 0.445 e. The van der Waals surface area contributed by atoms with E-state index in [1.165, 1.54) is 11.6 Å². The summed E-state index contributed by atoms with van der Waals surface area (Å²) in [6.07, 6.45) is 1.19. The minimum Gasteiger partial charge on any atom is -0.445 e. The summed E-state index contributed by atoms with van der Waals surface area (Å²) < 4.78 is 5.01. The third-order valence-electron chi connectivity index (χ3n) is 3.90. The summed E-state index contributed by atoms with van der Waals surface area (Å²) in [5, 5.41) is 0. The molecule has 2 rings (SSSR count). The normalized spacial score (nSPS) is 14.6. The molecule has 0 atom stereocenters. The average molecular weight is 302 g/mol. The van der Waals surface area contributed by atoms with Crippen LogP contribution in [0.5, 0.6) is 0 Å². The molecule has 1 aromatic rings. The predicted molar refractivity (Wildman–Crippen MR) is 84.9 cm³/mol. The van der Waals surface area contributed by atoms with E-state index >= 15 is 0 Å². The Morgan fingerprint density at radius 3 is 2.36 bits per heavy atom. The maximum Gasteiger partial charge on any atom is 0.410 e. The molecule has 2 amide bonds. The van der Waals surface area contributed by atoms with Crippen LogP contribution < -0.4 is 0 Å². The summed E-state index contributed by atoms with van der Waals surface area (Å²) in [6.45, 7) is 9.78. The van der Waals surface area contributed by atoms with Crippen LogP contribution in [0.2, 0.25) is 0 Å². The number of hydrogen-bond acceptors (Lipinski definition) is 3. The van der Waals surface area contributed by atoms with Crippen molar-refractivity contribution in [1.82, 2.24) is 9.80 Å². The molecule has 0 radical (unpaired) electrons. The van der Waals surface area contributed by atoms with Crippen molar-refractivity contribution in [2.45, 2.75) is 13.8 Å². The number of amides is 2. The molecule has 0 aliphatic carbocycles. The van der Waals surface area contributed by atoms with E-state index in [1.54, 1.807) is 9.80 Å². The fraction of sp³-hybridized carbons (Fsp3) is 0.412. The van der Waals surface area contributed by atoms with E-state index in [-0.39, 0.29) is 18.6 Å². The second kappa shape index (κ2) is 7.11. The molecule has 0 N–H and O–H groups in total. The quantitative estimate of drug-likeness (QED) is 0.806. The fourth-order valence-electron chi connectivity index (χ4n) is 2.37. The molecule has 1 fully saturated rings. The van der Waals surface area contributed by atoms with E-state index in [1.807, 2.05) is 32.0 Å². The second-order valence-corrected chi connectivity index (χ2v) is 5.44. The summed E-state index contributed by atoms with van der Waals surface area (Å²) in [5.74, 6) is 0.0159. The number of aryl methyl sites for hydroxylation is 2. The molecule has 1 heterocycles. The molecule has 1 saturated heterocycles. The first kappa shape index (κ1) is 16.1. The molecule has 5 heteroatoms. The van der Waals surface area contributed by atoms with Gasteiger partial charge in [-0.3, -0.25) is 4.79 Å². The highest BCUT2D eigenvalue weighted by atomic mass is 16.6. The van der Waals surface area contributed by atoms with Crippen LogP contribution in [0.15, 0.2) is 30.9 Å². The smallest absolute Gasteiger partial charge is 0.410 e. The van der Waals surface area contributed by atoms with E-state index < -0.39 is 0 Å². The zero-order valence-corrected chi connectivity index (χ0v) is 13.2. The summed E-state index contributed by atoms with van der Waals surface area (Å²) in [4.78, 5) is 27.6. The van der Waals surface area contributed by atoms with Crippen LogP contribution in [-0.2, 0) is 4.74 Å². The minimum atomic E-state index is -0.349. The third kappa shape index (κ3) is 3.67. The Morgan fingerprint density at radius 1 is 1.14 bits per heavy atom. The van der Waals surface area contributed by atoms with Crippen LogP contribution in [-0.4, -0.2) is 54.6 Å². The van der Waals surface area contributed by atoms with Crippen molar-refractivity contribution in [3.63, 3.8) is 0 Å². The Hall–Kier alpha value is -2.30. The molecule has 118 valence electrons. The lowest BCUT2D eigenvalue weighted by molar-refractivity contribution is 0.0581. The van der Waals surface area contributed by atoms with Gasteiger partial charge in [-0.1, -0.05) is 18.7 Å². The maximum atomic E-state index is 12.5. The molecule has 1 aliphatic rings. The number of nitrogens with zero attached hydrogens (tertiary/aromatic N) is 2. The van der Waals surface area contributed by atoms with Gasteiger partial charge in [0.15, 0.2) is 0 Å². The van der Waals surface area contributed by atoms with Gasteiger partial charge < -0.3 is 14.5 Å². The minimum absolute atomic E-state index is 0.0159. The van der Waals surface area contributed by atoms with Gasteiger partial charge in [0.25, 0.3) is 5.91 Å². The number of carbonyl (C=O) groups excluding carboxylic acids is 2. The van der Waals surface area contributed by atoms with Crippen molar-refractivity contribution in [3.05, 3.63) is 47.5 Å². The number of ether oxygens (including phenoxy) is 1. The zero-order chi connectivity index (χ0) is 16.1. The first-order chi connectivity index (χ1) is 10.5. The molecule has 0 spiro atoms. The Morgan fingerprint density at radius 2 is 1.77 bits per heavy atom. The monoisotopic (exact) mass is 302 g/mol. The molecule has 0 saturated carbocycles. The third-order valence-corrected chi connectivity index (χ3v) is 3.90. The van der Waals surface area contributed by atoms with E-state index in [9.17, 15) is 9.59 Å². The molecular formula is C17H22N2O3. The van der Waals surface area contributed by atoms with E-state index in [0.717, 1.165) is 5.56 Å². The zero-order valence-electron chi connectivity index (χ0n) is 13.2. The second-order valence-electron chi connectivity index (χ2n) is 5.44. The van der Waals surface area contributed by atoms with Gasteiger partial charge in [0.1, 0.15) is 6.61 Å². The van der Waals surface area contributed by atoms with Crippen LogP contribution in [0, 0.1) is 13.8 Å². The molecule has 22 heavy (non-hydrogen) atoms. The number of piperazine rings is 1. The van der Waals surface area contributed by atoms with Crippen molar-refractivity contribution in [3.8, 4) is 0 Å². The molecule has 5 nitrogen and oxygen atoms in total. The van der Waals surface area contributed by atoms with Crippen molar-refractivity contribution >= 4 is 12.0 Å². The maximum absolute atomic E-state index is 12.5. The first-order valence-corrected chi connectivity index (χ1v) is 7.42. The van der Waals surface area contributed by atoms with E-state index in [4.69, 9.17) is 4.74 Å². The van der Waals surface area contributed by atoms with E-state index in [0.29, 0.717) is 31.7 Å². The van der Waals surface area contributed by atoms with Gasteiger partial charge in [-0.15, -0.1) is 0 Å². The number of benzene rings is 1. The Kier molecular flexibility index (Phi) is 5.20. The van der Waals surface area contributed by atoms with Crippen LogP contribution >= 0.6 is 0 Å². The average Bonchev–Trinajstić information content (AvgIpc) is 2.54. The summed E-state index contributed by atoms with van der Waals surface area (Å²) >= 11 is 0. The summed E-state index contributed by atoms with van der Waals surface area (Å²) in [5.41, 5.74) is 2.98. The SMILES string of the molecule is C=CCOC(=O)N1CCN(C(=O)c2ccc(C)c(C)c2)CC1. The molecule has 1 aliphatic heterocycles. The fourth-order valence-corrected chi connectivity index (χ4v) is 2.37. The van der Waals surface area contributed by atoms with Crippen molar-refractivity contribution in [2.24, 2.45) is 0 Å². The van der Waals surface area contributed by atoms with Crippen LogP contribution in [0.3, 0.4) is 0 Å². The predicted octanol–water partition coefficient (Wildman–Crippen LogP) is 2.38. The number of rotatable bonds is 3. The van der Waals surface area contributed by atoms with Crippen LogP contribution in [0.1, 0.15) is 21.5 Å².